The van der Waals surface area contributed by atoms with Gasteiger partial charge in [0.2, 0.25) is 5.91 Å². The minimum Gasteiger partial charge on any atom is -0.404 e. The fourth-order valence-corrected chi connectivity index (χ4v) is 2.54. The molecule has 8 heteroatoms. The molecule has 2 atom stereocenters. The van der Waals surface area contributed by atoms with Gasteiger partial charge in [-0.05, 0) is 30.9 Å². The maximum Gasteiger partial charge on any atom is 0.573 e. The third-order valence-corrected chi connectivity index (χ3v) is 3.55. The van der Waals surface area contributed by atoms with Crippen molar-refractivity contribution in [1.29, 1.82) is 0 Å². The van der Waals surface area contributed by atoms with Crippen LogP contribution in [0.4, 0.5) is 18.9 Å². The third kappa shape index (κ3) is 5.38. The number of carbonyl (C=O) groups excluding carboxylic acids is 1. The van der Waals surface area contributed by atoms with E-state index in [0.717, 1.165) is 25.3 Å². The minimum absolute atomic E-state index is 0. The van der Waals surface area contributed by atoms with Crippen LogP contribution in [0.5, 0.6) is 5.75 Å². The minimum atomic E-state index is -4.80. The summed E-state index contributed by atoms with van der Waals surface area (Å²) >= 11 is 0. The summed E-state index contributed by atoms with van der Waals surface area (Å²) in [7, 11) is 0. The standard InChI is InChI=1S/C14H17F3N2O2.ClH/c15-14(16,17)21-12-7-2-1-6-11(12)19-13(20)8-9-4-3-5-10(9)18;/h1-2,6-7,9-10H,3-5,8,18H2,(H,19,20);1H/t9-,10+;/m0./s1. The zero-order valence-electron chi connectivity index (χ0n) is 11.7. The first-order chi connectivity index (χ1) is 9.85. The van der Waals surface area contributed by atoms with Gasteiger partial charge in [-0.15, -0.1) is 25.6 Å². The lowest BCUT2D eigenvalue weighted by atomic mass is 10.00. The van der Waals surface area contributed by atoms with Crippen molar-refractivity contribution in [3.63, 3.8) is 0 Å². The number of carbonyl (C=O) groups is 1. The molecule has 1 fully saturated rings. The summed E-state index contributed by atoms with van der Waals surface area (Å²) in [4.78, 5) is 11.9. The number of hydrogen-bond donors (Lipinski definition) is 2. The van der Waals surface area contributed by atoms with Crippen LogP contribution in [-0.4, -0.2) is 18.3 Å². The van der Waals surface area contributed by atoms with E-state index in [1.54, 1.807) is 0 Å². The molecule has 2 rings (SSSR count). The number of benzene rings is 1. The van der Waals surface area contributed by atoms with Crippen molar-refractivity contribution in [2.45, 2.75) is 38.1 Å². The lowest BCUT2D eigenvalue weighted by Crippen LogP contribution is -2.28. The number of amides is 1. The second-order valence-electron chi connectivity index (χ2n) is 5.15. The molecule has 1 aliphatic carbocycles. The van der Waals surface area contributed by atoms with E-state index in [4.69, 9.17) is 5.73 Å². The van der Waals surface area contributed by atoms with Crippen molar-refractivity contribution in [2.75, 3.05) is 5.32 Å². The van der Waals surface area contributed by atoms with Crippen molar-refractivity contribution in [3.05, 3.63) is 24.3 Å². The van der Waals surface area contributed by atoms with Crippen LogP contribution in [0.25, 0.3) is 0 Å². The average molecular weight is 339 g/mol. The molecule has 1 saturated carbocycles. The molecular formula is C14H18ClF3N2O2. The molecule has 1 amide bonds. The van der Waals surface area contributed by atoms with Gasteiger partial charge in [-0.25, -0.2) is 0 Å². The highest BCUT2D eigenvalue weighted by atomic mass is 35.5. The molecule has 3 N–H and O–H groups in total. The number of ether oxygens (including phenoxy) is 1. The molecule has 4 nitrogen and oxygen atoms in total. The molecule has 22 heavy (non-hydrogen) atoms. The largest absolute Gasteiger partial charge is 0.573 e. The van der Waals surface area contributed by atoms with Gasteiger partial charge in [-0.2, -0.15) is 0 Å². The maximum absolute atomic E-state index is 12.3. The van der Waals surface area contributed by atoms with Gasteiger partial charge in [0, 0.05) is 12.5 Å². The molecule has 1 aromatic carbocycles. The third-order valence-electron chi connectivity index (χ3n) is 3.55. The normalized spacial score (nSPS) is 21.1. The zero-order chi connectivity index (χ0) is 15.5. The van der Waals surface area contributed by atoms with E-state index in [1.807, 2.05) is 0 Å². The number of para-hydroxylation sites is 2. The van der Waals surface area contributed by atoms with Gasteiger partial charge in [-0.3, -0.25) is 4.79 Å². The summed E-state index contributed by atoms with van der Waals surface area (Å²) in [6, 6.07) is 5.44. The van der Waals surface area contributed by atoms with Gasteiger partial charge in [0.1, 0.15) is 0 Å². The van der Waals surface area contributed by atoms with Crippen LogP contribution in [-0.2, 0) is 4.79 Å². The van der Waals surface area contributed by atoms with Crippen molar-refractivity contribution < 1.29 is 22.7 Å². The Kier molecular flexibility index (Phi) is 6.49. The van der Waals surface area contributed by atoms with Crippen LogP contribution in [0.2, 0.25) is 0 Å². The monoisotopic (exact) mass is 338 g/mol. The molecule has 1 aliphatic rings. The van der Waals surface area contributed by atoms with Gasteiger partial charge in [0.25, 0.3) is 0 Å². The van der Waals surface area contributed by atoms with Crippen LogP contribution in [0.15, 0.2) is 24.3 Å². The molecule has 0 radical (unpaired) electrons. The van der Waals surface area contributed by atoms with E-state index in [1.165, 1.54) is 18.2 Å². The number of alkyl halides is 3. The Labute approximate surface area is 132 Å². The SMILES string of the molecule is Cl.N[C@@H]1CCC[C@H]1CC(=O)Nc1ccccc1OC(F)(F)F. The predicted molar refractivity (Wildman–Crippen MR) is 78.9 cm³/mol. The highest BCUT2D eigenvalue weighted by molar-refractivity contribution is 5.92. The molecule has 0 aliphatic heterocycles. The van der Waals surface area contributed by atoms with Gasteiger partial charge < -0.3 is 15.8 Å². The summed E-state index contributed by atoms with van der Waals surface area (Å²) in [5.41, 5.74) is 5.89. The first-order valence-corrected chi connectivity index (χ1v) is 6.75. The van der Waals surface area contributed by atoms with Crippen LogP contribution >= 0.6 is 12.4 Å². The van der Waals surface area contributed by atoms with Crippen molar-refractivity contribution in [3.8, 4) is 5.75 Å². The number of rotatable bonds is 4. The molecule has 1 aromatic rings. The van der Waals surface area contributed by atoms with Gasteiger partial charge in [-0.1, -0.05) is 18.6 Å². The van der Waals surface area contributed by atoms with Gasteiger partial charge >= 0.3 is 6.36 Å². The molecule has 0 unspecified atom stereocenters. The first kappa shape index (κ1) is 18.6. The predicted octanol–water partition coefficient (Wildman–Crippen LogP) is 3.46. The molecule has 0 aromatic heterocycles. The lowest BCUT2D eigenvalue weighted by molar-refractivity contribution is -0.274. The van der Waals surface area contributed by atoms with E-state index >= 15 is 0 Å². The Balaban J connectivity index is 0.00000242. The zero-order valence-corrected chi connectivity index (χ0v) is 12.5. The van der Waals surface area contributed by atoms with Crippen LogP contribution < -0.4 is 15.8 Å². The Morgan fingerprint density at radius 3 is 2.59 bits per heavy atom. The summed E-state index contributed by atoms with van der Waals surface area (Å²) in [6.45, 7) is 0. The molecular weight excluding hydrogens is 321 g/mol. The van der Waals surface area contributed by atoms with E-state index in [9.17, 15) is 18.0 Å². The van der Waals surface area contributed by atoms with Gasteiger partial charge in [0.05, 0.1) is 5.69 Å². The number of nitrogens with two attached hydrogens (primary N) is 1. The summed E-state index contributed by atoms with van der Waals surface area (Å²) in [6.07, 6.45) is -1.86. The maximum atomic E-state index is 12.3. The Hall–Kier alpha value is -1.47. The Bertz CT molecular complexity index is 511. The first-order valence-electron chi connectivity index (χ1n) is 6.75. The molecule has 0 saturated heterocycles. The average Bonchev–Trinajstić information content (AvgIpc) is 2.76. The quantitative estimate of drug-likeness (QED) is 0.883. The number of nitrogens with one attached hydrogen (secondary N) is 1. The van der Waals surface area contributed by atoms with Crippen molar-refractivity contribution in [2.24, 2.45) is 11.7 Å². The van der Waals surface area contributed by atoms with Crippen LogP contribution in [0.1, 0.15) is 25.7 Å². The van der Waals surface area contributed by atoms with Gasteiger partial charge in [0.15, 0.2) is 5.75 Å². The Morgan fingerprint density at radius 2 is 2.00 bits per heavy atom. The molecule has 0 spiro atoms. The fraction of sp³-hybridized carbons (Fsp3) is 0.500. The number of hydrogen-bond acceptors (Lipinski definition) is 3. The topological polar surface area (TPSA) is 64.4 Å². The lowest BCUT2D eigenvalue weighted by Gasteiger charge is -2.17. The second-order valence-corrected chi connectivity index (χ2v) is 5.15. The molecule has 0 bridgehead atoms. The van der Waals surface area contributed by atoms with Crippen LogP contribution in [0.3, 0.4) is 0 Å². The van der Waals surface area contributed by atoms with E-state index < -0.39 is 12.1 Å². The van der Waals surface area contributed by atoms with Crippen molar-refractivity contribution in [1.82, 2.24) is 0 Å². The Morgan fingerprint density at radius 1 is 1.32 bits per heavy atom. The number of anilines is 1. The summed E-state index contributed by atoms with van der Waals surface area (Å²) < 4.78 is 40.7. The number of halogens is 4. The highest BCUT2D eigenvalue weighted by Crippen LogP contribution is 2.31. The molecule has 124 valence electrons. The summed E-state index contributed by atoms with van der Waals surface area (Å²) in [5, 5.41) is 2.46. The van der Waals surface area contributed by atoms with E-state index in [0.29, 0.717) is 0 Å². The second kappa shape index (κ2) is 7.69. The highest BCUT2D eigenvalue weighted by Gasteiger charge is 2.32. The smallest absolute Gasteiger partial charge is 0.404 e. The summed E-state index contributed by atoms with van der Waals surface area (Å²) in [5.74, 6) is -0.689. The van der Waals surface area contributed by atoms with Crippen LogP contribution in [0, 0.1) is 5.92 Å². The molecule has 0 heterocycles. The van der Waals surface area contributed by atoms with E-state index in [2.05, 4.69) is 10.1 Å². The van der Waals surface area contributed by atoms with E-state index in [-0.39, 0.29) is 42.4 Å². The fourth-order valence-electron chi connectivity index (χ4n) is 2.54. The van der Waals surface area contributed by atoms with Crippen molar-refractivity contribution >= 4 is 24.0 Å².